The molecule has 0 amide bonds. The Labute approximate surface area is 140 Å². The average Bonchev–Trinajstić information content (AvgIpc) is 2.60. The maximum Gasteiger partial charge on any atom is 0.180 e. The third kappa shape index (κ3) is 3.26. The van der Waals surface area contributed by atoms with Crippen LogP contribution in [0.15, 0.2) is 54.6 Å². The first kappa shape index (κ1) is 15.7. The number of aliphatic hydroxyl groups is 1. The normalized spacial score (nSPS) is 10.7. The van der Waals surface area contributed by atoms with Gasteiger partial charge in [-0.1, -0.05) is 54.1 Å². The number of rotatable bonds is 5. The number of fused-ring (bicyclic) bond motifs is 1. The molecule has 0 aliphatic carbocycles. The van der Waals surface area contributed by atoms with E-state index in [2.05, 4.69) is 18.2 Å². The molecule has 118 valence electrons. The average molecular weight is 329 g/mol. The van der Waals surface area contributed by atoms with Crippen LogP contribution in [0.4, 0.5) is 0 Å². The third-order valence-corrected chi connectivity index (χ3v) is 4.00. The van der Waals surface area contributed by atoms with Gasteiger partial charge in [-0.3, -0.25) is 0 Å². The second-order valence-corrected chi connectivity index (χ2v) is 5.60. The minimum atomic E-state index is -0.0975. The SMILES string of the molecule is COc1cc(CO)cc(Cl)c1OCc1cccc2ccccc12. The molecule has 0 radical (unpaired) electrons. The zero-order valence-corrected chi connectivity index (χ0v) is 13.5. The summed E-state index contributed by atoms with van der Waals surface area (Å²) in [5.74, 6) is 1.00. The van der Waals surface area contributed by atoms with Crippen molar-refractivity contribution in [2.24, 2.45) is 0 Å². The van der Waals surface area contributed by atoms with Gasteiger partial charge >= 0.3 is 0 Å². The number of methoxy groups -OCH3 is 1. The molecule has 0 spiro atoms. The Balaban J connectivity index is 1.91. The molecule has 0 atom stereocenters. The highest BCUT2D eigenvalue weighted by molar-refractivity contribution is 6.32. The van der Waals surface area contributed by atoms with Crippen molar-refractivity contribution in [2.45, 2.75) is 13.2 Å². The molecule has 0 saturated carbocycles. The van der Waals surface area contributed by atoms with Gasteiger partial charge in [-0.2, -0.15) is 0 Å². The van der Waals surface area contributed by atoms with Gasteiger partial charge in [0.15, 0.2) is 11.5 Å². The van der Waals surface area contributed by atoms with Crippen LogP contribution in [0.5, 0.6) is 11.5 Å². The van der Waals surface area contributed by atoms with E-state index in [1.807, 2.05) is 24.3 Å². The maximum atomic E-state index is 9.24. The lowest BCUT2D eigenvalue weighted by molar-refractivity contribution is 0.274. The molecule has 3 nitrogen and oxygen atoms in total. The molecule has 0 saturated heterocycles. The second-order valence-electron chi connectivity index (χ2n) is 5.19. The van der Waals surface area contributed by atoms with Crippen LogP contribution in [0.3, 0.4) is 0 Å². The highest BCUT2D eigenvalue weighted by Crippen LogP contribution is 2.37. The lowest BCUT2D eigenvalue weighted by Crippen LogP contribution is -2.00. The van der Waals surface area contributed by atoms with E-state index in [9.17, 15) is 5.11 Å². The Morgan fingerprint density at radius 1 is 1.04 bits per heavy atom. The summed E-state index contributed by atoms with van der Waals surface area (Å²) in [6.07, 6.45) is 0. The highest BCUT2D eigenvalue weighted by Gasteiger charge is 2.12. The predicted molar refractivity (Wildman–Crippen MR) is 92.2 cm³/mol. The molecule has 0 bridgehead atoms. The number of hydrogen-bond acceptors (Lipinski definition) is 3. The summed E-state index contributed by atoms with van der Waals surface area (Å²) in [7, 11) is 1.55. The van der Waals surface area contributed by atoms with Gasteiger partial charge < -0.3 is 14.6 Å². The Kier molecular flexibility index (Phi) is 4.70. The number of ether oxygens (including phenoxy) is 2. The van der Waals surface area contributed by atoms with E-state index in [4.69, 9.17) is 21.1 Å². The highest BCUT2D eigenvalue weighted by atomic mass is 35.5. The lowest BCUT2D eigenvalue weighted by Gasteiger charge is -2.14. The summed E-state index contributed by atoms with van der Waals surface area (Å²) in [5.41, 5.74) is 1.76. The predicted octanol–water partition coefficient (Wildman–Crippen LogP) is 4.57. The summed E-state index contributed by atoms with van der Waals surface area (Å²) < 4.78 is 11.2. The van der Waals surface area contributed by atoms with Crippen LogP contribution in [0.2, 0.25) is 5.02 Å². The first-order chi connectivity index (χ1) is 11.2. The van der Waals surface area contributed by atoms with Crippen molar-refractivity contribution >= 4 is 22.4 Å². The molecule has 0 heterocycles. The minimum Gasteiger partial charge on any atom is -0.493 e. The van der Waals surface area contributed by atoms with Gasteiger partial charge in [-0.05, 0) is 34.0 Å². The van der Waals surface area contributed by atoms with Crippen LogP contribution >= 0.6 is 11.6 Å². The van der Waals surface area contributed by atoms with Crippen LogP contribution in [0, 0.1) is 0 Å². The van der Waals surface area contributed by atoms with Crippen molar-refractivity contribution in [3.63, 3.8) is 0 Å². The quantitative estimate of drug-likeness (QED) is 0.745. The van der Waals surface area contributed by atoms with Crippen LogP contribution in [0.25, 0.3) is 10.8 Å². The summed E-state index contributed by atoms with van der Waals surface area (Å²) in [5, 5.41) is 12.0. The molecule has 0 unspecified atom stereocenters. The summed E-state index contributed by atoms with van der Waals surface area (Å²) in [6.45, 7) is 0.287. The van der Waals surface area contributed by atoms with Crippen molar-refractivity contribution in [1.29, 1.82) is 0 Å². The number of aliphatic hydroxyl groups excluding tert-OH is 1. The fourth-order valence-corrected chi connectivity index (χ4v) is 2.86. The van der Waals surface area contributed by atoms with E-state index in [1.54, 1.807) is 19.2 Å². The van der Waals surface area contributed by atoms with E-state index >= 15 is 0 Å². The topological polar surface area (TPSA) is 38.7 Å². The second kappa shape index (κ2) is 6.90. The molecule has 4 heteroatoms. The largest absolute Gasteiger partial charge is 0.493 e. The molecule has 0 aromatic heterocycles. The molecule has 1 N–H and O–H groups in total. The molecule has 3 aromatic carbocycles. The molecule has 23 heavy (non-hydrogen) atoms. The van der Waals surface area contributed by atoms with E-state index in [-0.39, 0.29) is 6.61 Å². The van der Waals surface area contributed by atoms with Crippen molar-refractivity contribution in [3.05, 3.63) is 70.7 Å². The van der Waals surface area contributed by atoms with E-state index < -0.39 is 0 Å². The van der Waals surface area contributed by atoms with Gasteiger partial charge in [-0.25, -0.2) is 0 Å². The molecular weight excluding hydrogens is 312 g/mol. The Hall–Kier alpha value is -2.23. The summed E-state index contributed by atoms with van der Waals surface area (Å²) >= 11 is 6.26. The molecular formula is C19H17ClO3. The smallest absolute Gasteiger partial charge is 0.180 e. The fraction of sp³-hybridized carbons (Fsp3) is 0.158. The van der Waals surface area contributed by atoms with Gasteiger partial charge in [0.05, 0.1) is 18.7 Å². The Bertz CT molecular complexity index is 825. The number of hydrogen-bond donors (Lipinski definition) is 1. The zero-order valence-electron chi connectivity index (χ0n) is 12.8. The first-order valence-electron chi connectivity index (χ1n) is 7.29. The summed E-state index contributed by atoms with van der Waals surface area (Å²) in [4.78, 5) is 0. The number of halogens is 1. The van der Waals surface area contributed by atoms with Gasteiger partial charge in [-0.15, -0.1) is 0 Å². The Morgan fingerprint density at radius 2 is 1.83 bits per heavy atom. The Morgan fingerprint density at radius 3 is 2.61 bits per heavy atom. The molecule has 3 aromatic rings. The van der Waals surface area contributed by atoms with Gasteiger partial charge in [0.25, 0.3) is 0 Å². The van der Waals surface area contributed by atoms with Crippen molar-refractivity contribution in [1.82, 2.24) is 0 Å². The maximum absolute atomic E-state index is 9.24. The lowest BCUT2D eigenvalue weighted by atomic mass is 10.1. The van der Waals surface area contributed by atoms with E-state index in [0.29, 0.717) is 28.7 Å². The van der Waals surface area contributed by atoms with E-state index in [0.717, 1.165) is 10.9 Å². The number of benzene rings is 3. The molecule has 0 aliphatic heterocycles. The monoisotopic (exact) mass is 328 g/mol. The van der Waals surface area contributed by atoms with Gasteiger partial charge in [0, 0.05) is 0 Å². The molecule has 0 fully saturated rings. The van der Waals surface area contributed by atoms with Gasteiger partial charge in [0.1, 0.15) is 6.61 Å². The molecule has 3 rings (SSSR count). The zero-order chi connectivity index (χ0) is 16.2. The summed E-state index contributed by atoms with van der Waals surface area (Å²) in [6, 6.07) is 17.7. The van der Waals surface area contributed by atoms with Crippen LogP contribution in [-0.2, 0) is 13.2 Å². The molecule has 0 aliphatic rings. The van der Waals surface area contributed by atoms with Crippen molar-refractivity contribution < 1.29 is 14.6 Å². The van der Waals surface area contributed by atoms with Crippen LogP contribution in [-0.4, -0.2) is 12.2 Å². The van der Waals surface area contributed by atoms with Crippen LogP contribution in [0.1, 0.15) is 11.1 Å². The van der Waals surface area contributed by atoms with Crippen molar-refractivity contribution in [3.8, 4) is 11.5 Å². The van der Waals surface area contributed by atoms with Gasteiger partial charge in [0.2, 0.25) is 0 Å². The standard InChI is InChI=1S/C19H17ClO3/c1-22-18-10-13(11-21)9-17(20)19(18)23-12-15-7-4-6-14-5-2-3-8-16(14)15/h2-10,21H,11-12H2,1H3. The minimum absolute atomic E-state index is 0.0975. The van der Waals surface area contributed by atoms with Crippen LogP contribution < -0.4 is 9.47 Å². The first-order valence-corrected chi connectivity index (χ1v) is 7.67. The van der Waals surface area contributed by atoms with E-state index in [1.165, 1.54) is 5.39 Å². The van der Waals surface area contributed by atoms with Crippen molar-refractivity contribution in [2.75, 3.05) is 7.11 Å². The fourth-order valence-electron chi connectivity index (χ4n) is 2.57. The third-order valence-electron chi connectivity index (χ3n) is 3.72.